The fraction of sp³-hybridized carbons (Fsp3) is 0.636. The molecule has 1 amide bonds. The van der Waals surface area contributed by atoms with Crippen LogP contribution in [0, 0.1) is 6.92 Å². The molecular formula is C22H31NO7S. The SMILES string of the molecule is Cc1ccc(S(=O)(=O)CCC2OC3(C(=O)O)CCC2(NC(=O)OC(C)(C)C)CC3)cc1. The van der Waals surface area contributed by atoms with Gasteiger partial charge in [0.2, 0.25) is 0 Å². The third-order valence-electron chi connectivity index (χ3n) is 6.10. The molecule has 1 unspecified atom stereocenters. The smallest absolute Gasteiger partial charge is 0.408 e. The summed E-state index contributed by atoms with van der Waals surface area (Å²) in [6.07, 6.45) is -0.0348. The van der Waals surface area contributed by atoms with Gasteiger partial charge in [0.1, 0.15) is 5.60 Å². The predicted molar refractivity (Wildman–Crippen MR) is 114 cm³/mol. The first kappa shape index (κ1) is 23.5. The fourth-order valence-corrected chi connectivity index (χ4v) is 5.67. The molecule has 2 heterocycles. The molecule has 0 aromatic heterocycles. The summed E-state index contributed by atoms with van der Waals surface area (Å²) in [6, 6.07) is 6.59. The summed E-state index contributed by atoms with van der Waals surface area (Å²) >= 11 is 0. The topological polar surface area (TPSA) is 119 Å². The van der Waals surface area contributed by atoms with Gasteiger partial charge in [-0.2, -0.15) is 0 Å². The summed E-state index contributed by atoms with van der Waals surface area (Å²) in [5.41, 5.74) is -1.94. The Bertz CT molecular complexity index is 939. The predicted octanol–water partition coefficient (Wildman–Crippen LogP) is 3.22. The average molecular weight is 454 g/mol. The zero-order chi connectivity index (χ0) is 23.1. The summed E-state index contributed by atoms with van der Waals surface area (Å²) in [7, 11) is -3.59. The van der Waals surface area contributed by atoms with Crippen LogP contribution in [0.2, 0.25) is 0 Å². The van der Waals surface area contributed by atoms with E-state index in [0.29, 0.717) is 12.8 Å². The maximum atomic E-state index is 12.8. The minimum Gasteiger partial charge on any atom is -0.479 e. The minimum absolute atomic E-state index is 0.0705. The second-order valence-electron chi connectivity index (χ2n) is 9.61. The molecule has 2 N–H and O–H groups in total. The molecule has 31 heavy (non-hydrogen) atoms. The van der Waals surface area contributed by atoms with Crippen molar-refractivity contribution in [3.8, 4) is 0 Å². The van der Waals surface area contributed by atoms with E-state index in [-0.39, 0.29) is 29.9 Å². The summed E-state index contributed by atoms with van der Waals surface area (Å²) < 4.78 is 37.0. The van der Waals surface area contributed by atoms with Gasteiger partial charge in [0, 0.05) is 0 Å². The lowest BCUT2D eigenvalue weighted by Crippen LogP contribution is -2.70. The molecule has 4 rings (SSSR count). The highest BCUT2D eigenvalue weighted by molar-refractivity contribution is 7.91. The maximum Gasteiger partial charge on any atom is 0.408 e. The number of hydrogen-bond donors (Lipinski definition) is 2. The van der Waals surface area contributed by atoms with Crippen LogP contribution in [0.1, 0.15) is 58.4 Å². The number of carboxylic acid groups (broad SMARTS) is 1. The third kappa shape index (κ3) is 5.03. The molecule has 0 radical (unpaired) electrons. The molecule has 1 aromatic rings. The monoisotopic (exact) mass is 453 g/mol. The van der Waals surface area contributed by atoms with Gasteiger partial charge in [0.15, 0.2) is 15.4 Å². The fourth-order valence-electron chi connectivity index (χ4n) is 4.36. The van der Waals surface area contributed by atoms with Gasteiger partial charge < -0.3 is 19.9 Å². The zero-order valence-electron chi connectivity index (χ0n) is 18.4. The number of carboxylic acids is 1. The Hall–Kier alpha value is -2.13. The van der Waals surface area contributed by atoms with E-state index in [1.54, 1.807) is 45.0 Å². The largest absolute Gasteiger partial charge is 0.479 e. The van der Waals surface area contributed by atoms with Crippen molar-refractivity contribution in [1.29, 1.82) is 0 Å². The van der Waals surface area contributed by atoms with E-state index in [9.17, 15) is 23.1 Å². The normalized spacial score (nSPS) is 28.2. The van der Waals surface area contributed by atoms with Crippen molar-refractivity contribution in [1.82, 2.24) is 5.32 Å². The number of fused-ring (bicyclic) bond motifs is 3. The maximum absolute atomic E-state index is 12.8. The number of aliphatic carboxylic acids is 1. The van der Waals surface area contributed by atoms with Crippen molar-refractivity contribution in [2.24, 2.45) is 0 Å². The van der Waals surface area contributed by atoms with E-state index in [4.69, 9.17) is 9.47 Å². The summed E-state index contributed by atoms with van der Waals surface area (Å²) in [6.45, 7) is 7.14. The zero-order valence-corrected chi connectivity index (χ0v) is 19.3. The van der Waals surface area contributed by atoms with E-state index in [2.05, 4.69) is 5.32 Å². The second kappa shape index (κ2) is 8.09. The van der Waals surface area contributed by atoms with E-state index in [0.717, 1.165) is 5.56 Å². The van der Waals surface area contributed by atoms with Gasteiger partial charge in [-0.05, 0) is 71.9 Å². The molecule has 2 bridgehead atoms. The Morgan fingerprint density at radius 2 is 1.74 bits per heavy atom. The molecule has 1 aliphatic carbocycles. The van der Waals surface area contributed by atoms with Crippen LogP contribution in [-0.4, -0.2) is 54.2 Å². The third-order valence-corrected chi connectivity index (χ3v) is 7.87. The molecule has 9 heteroatoms. The van der Waals surface area contributed by atoms with E-state index in [1.165, 1.54) is 0 Å². The average Bonchev–Trinajstić information content (AvgIpc) is 2.66. The van der Waals surface area contributed by atoms with E-state index >= 15 is 0 Å². The highest BCUT2D eigenvalue weighted by Gasteiger charge is 2.59. The number of ether oxygens (including phenoxy) is 2. The number of rotatable bonds is 6. The van der Waals surface area contributed by atoms with Gasteiger partial charge in [0.05, 0.1) is 22.3 Å². The number of nitrogens with one attached hydrogen (secondary N) is 1. The second-order valence-corrected chi connectivity index (χ2v) is 11.7. The Kier molecular flexibility index (Phi) is 6.14. The number of carbonyl (C=O) groups excluding carboxylic acids is 1. The Morgan fingerprint density at radius 3 is 2.26 bits per heavy atom. The van der Waals surface area contributed by atoms with Gasteiger partial charge in [-0.1, -0.05) is 17.7 Å². The Labute approximate surface area is 183 Å². The van der Waals surface area contributed by atoms with Gasteiger partial charge >= 0.3 is 12.1 Å². The number of carbonyl (C=O) groups is 2. The van der Waals surface area contributed by atoms with Crippen LogP contribution in [0.4, 0.5) is 4.79 Å². The van der Waals surface area contributed by atoms with Crippen LogP contribution in [0.5, 0.6) is 0 Å². The molecule has 2 saturated heterocycles. The first-order valence-electron chi connectivity index (χ1n) is 10.5. The molecule has 1 saturated carbocycles. The van der Waals surface area contributed by atoms with Gasteiger partial charge in [-0.25, -0.2) is 18.0 Å². The minimum atomic E-state index is -3.59. The van der Waals surface area contributed by atoms with E-state index < -0.39 is 44.7 Å². The molecule has 0 spiro atoms. The number of sulfone groups is 1. The summed E-state index contributed by atoms with van der Waals surface area (Å²) in [5.74, 6) is -1.27. The van der Waals surface area contributed by atoms with Crippen molar-refractivity contribution in [2.75, 3.05) is 5.75 Å². The number of aryl methyl sites for hydroxylation is 1. The Balaban J connectivity index is 1.81. The highest BCUT2D eigenvalue weighted by atomic mass is 32.2. The van der Waals surface area contributed by atoms with Gasteiger partial charge in [0.25, 0.3) is 0 Å². The number of hydrogen-bond acceptors (Lipinski definition) is 6. The summed E-state index contributed by atoms with van der Waals surface area (Å²) in [5, 5.41) is 12.6. The summed E-state index contributed by atoms with van der Waals surface area (Å²) in [4.78, 5) is 24.6. The van der Waals surface area contributed by atoms with Crippen molar-refractivity contribution in [3.05, 3.63) is 29.8 Å². The molecule has 8 nitrogen and oxygen atoms in total. The van der Waals surface area contributed by atoms with Crippen LogP contribution >= 0.6 is 0 Å². The lowest BCUT2D eigenvalue weighted by atomic mass is 9.67. The van der Waals surface area contributed by atoms with Crippen LogP contribution in [0.25, 0.3) is 0 Å². The first-order valence-corrected chi connectivity index (χ1v) is 12.1. The van der Waals surface area contributed by atoms with Crippen molar-refractivity contribution >= 4 is 21.9 Å². The molecule has 1 aromatic carbocycles. The van der Waals surface area contributed by atoms with E-state index in [1.807, 2.05) is 6.92 Å². The van der Waals surface area contributed by atoms with Crippen LogP contribution in [0.3, 0.4) is 0 Å². The quantitative estimate of drug-likeness (QED) is 0.679. The molecule has 1 atom stereocenters. The highest BCUT2D eigenvalue weighted by Crippen LogP contribution is 2.48. The van der Waals surface area contributed by atoms with Crippen LogP contribution < -0.4 is 5.32 Å². The van der Waals surface area contributed by atoms with Crippen LogP contribution in [0.15, 0.2) is 29.2 Å². The standard InChI is InChI=1S/C22H31NO7S/c1-15-5-7-16(8-6-15)31(27,28)14-9-17-21(23-19(26)30-20(2,3)4)10-12-22(29-17,13-11-21)18(24)25/h5-8,17H,9-14H2,1-4H3,(H,23,26)(H,24,25). The molecule has 2 aliphatic heterocycles. The van der Waals surface area contributed by atoms with Crippen molar-refractivity contribution < 1.29 is 32.6 Å². The molecule has 3 aliphatic rings. The molecule has 3 fully saturated rings. The van der Waals surface area contributed by atoms with Crippen molar-refractivity contribution in [3.63, 3.8) is 0 Å². The number of benzene rings is 1. The van der Waals surface area contributed by atoms with Crippen molar-refractivity contribution in [2.45, 2.75) is 87.5 Å². The first-order chi connectivity index (χ1) is 14.3. The molecule has 172 valence electrons. The number of alkyl carbamates (subject to hydrolysis) is 1. The number of amides is 1. The van der Waals surface area contributed by atoms with Gasteiger partial charge in [-0.15, -0.1) is 0 Å². The lowest BCUT2D eigenvalue weighted by molar-refractivity contribution is -0.222. The lowest BCUT2D eigenvalue weighted by Gasteiger charge is -2.55. The van der Waals surface area contributed by atoms with Gasteiger partial charge in [-0.3, -0.25) is 0 Å². The van der Waals surface area contributed by atoms with Crippen LogP contribution in [-0.2, 0) is 24.1 Å². The Morgan fingerprint density at radius 1 is 1.16 bits per heavy atom. The molecular weight excluding hydrogens is 422 g/mol.